The van der Waals surface area contributed by atoms with E-state index in [-0.39, 0.29) is 5.69 Å². The number of nitrogen functional groups attached to an aromatic ring is 1. The fourth-order valence-corrected chi connectivity index (χ4v) is 0.939. The lowest BCUT2D eigenvalue weighted by atomic mass is 10.2. The van der Waals surface area contributed by atoms with E-state index >= 15 is 0 Å². The number of rotatable bonds is 2. The number of aromatic nitrogens is 1. The Bertz CT molecular complexity index is 355. The molecular formula is C9H11N3O. The fourth-order valence-electron chi connectivity index (χ4n) is 0.939. The van der Waals surface area contributed by atoms with Crippen LogP contribution in [0.5, 0.6) is 5.88 Å². The Morgan fingerprint density at radius 3 is 2.92 bits per heavy atom. The summed E-state index contributed by atoms with van der Waals surface area (Å²) in [5, 5.41) is 8.62. The van der Waals surface area contributed by atoms with Crippen molar-refractivity contribution < 1.29 is 4.74 Å². The number of hydrogen-bond donors (Lipinski definition) is 1. The topological polar surface area (TPSA) is 71.9 Å². The molecule has 0 aliphatic rings. The highest BCUT2D eigenvalue weighted by atomic mass is 16.5. The molecule has 4 heteroatoms. The van der Waals surface area contributed by atoms with Crippen molar-refractivity contribution in [2.45, 2.75) is 13.8 Å². The van der Waals surface area contributed by atoms with Gasteiger partial charge in [-0.2, -0.15) is 5.26 Å². The van der Waals surface area contributed by atoms with Gasteiger partial charge in [-0.05, 0) is 19.9 Å². The Labute approximate surface area is 77.0 Å². The average molecular weight is 177 g/mol. The Kier molecular flexibility index (Phi) is 2.70. The molecule has 0 aliphatic carbocycles. The van der Waals surface area contributed by atoms with Gasteiger partial charge >= 0.3 is 0 Å². The molecule has 1 rings (SSSR count). The predicted octanol–water partition coefficient (Wildman–Crippen LogP) is 1.24. The van der Waals surface area contributed by atoms with E-state index < -0.39 is 0 Å². The van der Waals surface area contributed by atoms with E-state index in [0.29, 0.717) is 18.2 Å². The first-order valence-electron chi connectivity index (χ1n) is 3.99. The van der Waals surface area contributed by atoms with Crippen LogP contribution in [0.1, 0.15) is 18.2 Å². The van der Waals surface area contributed by atoms with Gasteiger partial charge in [0.1, 0.15) is 11.8 Å². The SMILES string of the molecule is CCOc1nc(C#N)cc(N)c1C. The highest BCUT2D eigenvalue weighted by molar-refractivity contribution is 5.53. The smallest absolute Gasteiger partial charge is 0.219 e. The van der Waals surface area contributed by atoms with Gasteiger partial charge in [-0.1, -0.05) is 0 Å². The van der Waals surface area contributed by atoms with Crippen LogP contribution in [0.4, 0.5) is 5.69 Å². The van der Waals surface area contributed by atoms with E-state index in [2.05, 4.69) is 4.98 Å². The first kappa shape index (κ1) is 9.33. The van der Waals surface area contributed by atoms with Gasteiger partial charge in [0.2, 0.25) is 5.88 Å². The molecule has 0 aromatic carbocycles. The number of nitrogens with zero attached hydrogens (tertiary/aromatic N) is 2. The van der Waals surface area contributed by atoms with Crippen molar-refractivity contribution in [2.75, 3.05) is 12.3 Å². The fraction of sp³-hybridized carbons (Fsp3) is 0.333. The van der Waals surface area contributed by atoms with Gasteiger partial charge < -0.3 is 10.5 Å². The molecule has 1 heterocycles. The van der Waals surface area contributed by atoms with E-state index in [9.17, 15) is 0 Å². The molecule has 68 valence electrons. The molecule has 0 amide bonds. The third kappa shape index (κ3) is 1.88. The molecule has 13 heavy (non-hydrogen) atoms. The Balaban J connectivity index is 3.18. The molecule has 0 saturated carbocycles. The van der Waals surface area contributed by atoms with E-state index in [1.165, 1.54) is 6.07 Å². The number of nitrogens with two attached hydrogens (primary N) is 1. The molecule has 0 aliphatic heterocycles. The highest BCUT2D eigenvalue weighted by Gasteiger charge is 2.06. The van der Waals surface area contributed by atoms with Gasteiger partial charge in [0.15, 0.2) is 0 Å². The molecular weight excluding hydrogens is 166 g/mol. The number of ether oxygens (including phenoxy) is 1. The van der Waals surface area contributed by atoms with Crippen molar-refractivity contribution in [1.82, 2.24) is 4.98 Å². The van der Waals surface area contributed by atoms with Crippen LogP contribution in [-0.2, 0) is 0 Å². The maximum absolute atomic E-state index is 8.62. The Morgan fingerprint density at radius 1 is 1.69 bits per heavy atom. The van der Waals surface area contributed by atoms with Gasteiger partial charge in [-0.3, -0.25) is 0 Å². The van der Waals surface area contributed by atoms with Crippen molar-refractivity contribution in [3.05, 3.63) is 17.3 Å². The van der Waals surface area contributed by atoms with Crippen LogP contribution < -0.4 is 10.5 Å². The van der Waals surface area contributed by atoms with E-state index in [4.69, 9.17) is 15.7 Å². The Morgan fingerprint density at radius 2 is 2.38 bits per heavy atom. The number of hydrogen-bond acceptors (Lipinski definition) is 4. The van der Waals surface area contributed by atoms with E-state index in [1.54, 1.807) is 0 Å². The normalized spacial score (nSPS) is 9.31. The monoisotopic (exact) mass is 177 g/mol. The summed E-state index contributed by atoms with van der Waals surface area (Å²) >= 11 is 0. The molecule has 2 N–H and O–H groups in total. The molecule has 1 aromatic heterocycles. The van der Waals surface area contributed by atoms with Crippen LogP contribution in [0, 0.1) is 18.3 Å². The zero-order chi connectivity index (χ0) is 9.84. The molecule has 4 nitrogen and oxygen atoms in total. The number of pyridine rings is 1. The summed E-state index contributed by atoms with van der Waals surface area (Å²) in [4.78, 5) is 3.98. The van der Waals surface area contributed by atoms with Gasteiger partial charge in [0.25, 0.3) is 0 Å². The summed E-state index contributed by atoms with van der Waals surface area (Å²) in [6.45, 7) is 4.19. The molecule has 0 bridgehead atoms. The molecule has 0 unspecified atom stereocenters. The zero-order valence-corrected chi connectivity index (χ0v) is 7.66. The molecule has 0 spiro atoms. The van der Waals surface area contributed by atoms with Crippen LogP contribution in [0.15, 0.2) is 6.07 Å². The molecule has 0 fully saturated rings. The maximum atomic E-state index is 8.62. The van der Waals surface area contributed by atoms with Crippen LogP contribution >= 0.6 is 0 Å². The molecule has 0 saturated heterocycles. The largest absolute Gasteiger partial charge is 0.478 e. The van der Waals surface area contributed by atoms with Gasteiger partial charge in [0, 0.05) is 11.3 Å². The van der Waals surface area contributed by atoms with E-state index in [1.807, 2.05) is 19.9 Å². The summed E-state index contributed by atoms with van der Waals surface area (Å²) < 4.78 is 5.22. The lowest BCUT2D eigenvalue weighted by Gasteiger charge is -2.07. The summed E-state index contributed by atoms with van der Waals surface area (Å²) in [5.74, 6) is 0.444. The van der Waals surface area contributed by atoms with Crippen molar-refractivity contribution in [2.24, 2.45) is 0 Å². The third-order valence-corrected chi connectivity index (χ3v) is 1.66. The summed E-state index contributed by atoms with van der Waals surface area (Å²) in [6, 6.07) is 3.46. The molecule has 1 aromatic rings. The van der Waals surface area contributed by atoms with Crippen molar-refractivity contribution in [3.63, 3.8) is 0 Å². The minimum absolute atomic E-state index is 0.284. The number of anilines is 1. The average Bonchev–Trinajstić information content (AvgIpc) is 2.13. The minimum Gasteiger partial charge on any atom is -0.478 e. The van der Waals surface area contributed by atoms with Crippen LogP contribution in [0.25, 0.3) is 0 Å². The summed E-state index contributed by atoms with van der Waals surface area (Å²) in [7, 11) is 0. The third-order valence-electron chi connectivity index (χ3n) is 1.66. The van der Waals surface area contributed by atoms with Crippen LogP contribution in [0.3, 0.4) is 0 Å². The first-order chi connectivity index (χ1) is 6.19. The number of nitriles is 1. The van der Waals surface area contributed by atoms with Gasteiger partial charge in [-0.15, -0.1) is 0 Å². The van der Waals surface area contributed by atoms with Gasteiger partial charge in [-0.25, -0.2) is 4.98 Å². The quantitative estimate of drug-likeness (QED) is 0.737. The van der Waals surface area contributed by atoms with E-state index in [0.717, 1.165) is 5.56 Å². The van der Waals surface area contributed by atoms with Gasteiger partial charge in [0.05, 0.1) is 6.61 Å². The second-order valence-electron chi connectivity index (χ2n) is 2.57. The maximum Gasteiger partial charge on any atom is 0.219 e. The Hall–Kier alpha value is -1.76. The van der Waals surface area contributed by atoms with Crippen LogP contribution in [-0.4, -0.2) is 11.6 Å². The zero-order valence-electron chi connectivity index (χ0n) is 7.66. The standard InChI is InChI=1S/C9H11N3O/c1-3-13-9-6(2)8(11)4-7(5-10)12-9/h4H,3H2,1-2H3,(H2,11,12). The van der Waals surface area contributed by atoms with Crippen molar-refractivity contribution >= 4 is 5.69 Å². The second-order valence-corrected chi connectivity index (χ2v) is 2.57. The first-order valence-corrected chi connectivity index (χ1v) is 3.99. The van der Waals surface area contributed by atoms with Crippen molar-refractivity contribution in [1.29, 1.82) is 5.26 Å². The lowest BCUT2D eigenvalue weighted by Crippen LogP contribution is -2.01. The lowest BCUT2D eigenvalue weighted by molar-refractivity contribution is 0.324. The van der Waals surface area contributed by atoms with Crippen LogP contribution in [0.2, 0.25) is 0 Å². The molecule has 0 radical (unpaired) electrons. The highest BCUT2D eigenvalue weighted by Crippen LogP contribution is 2.21. The second kappa shape index (κ2) is 3.76. The van der Waals surface area contributed by atoms with Crippen molar-refractivity contribution in [3.8, 4) is 11.9 Å². The summed E-state index contributed by atoms with van der Waals surface area (Å²) in [5.41, 5.74) is 7.26. The molecule has 0 atom stereocenters. The minimum atomic E-state index is 0.284. The predicted molar refractivity (Wildman–Crippen MR) is 49.3 cm³/mol. The summed E-state index contributed by atoms with van der Waals surface area (Å²) in [6.07, 6.45) is 0.